The highest BCUT2D eigenvalue weighted by molar-refractivity contribution is 6.30. The fourth-order valence-electron chi connectivity index (χ4n) is 2.97. The second kappa shape index (κ2) is 8.14. The molecule has 0 spiro atoms. The van der Waals surface area contributed by atoms with Crippen molar-refractivity contribution in [1.29, 1.82) is 0 Å². The first-order chi connectivity index (χ1) is 10.1. The molecule has 2 rings (SSSR count). The van der Waals surface area contributed by atoms with E-state index in [-0.39, 0.29) is 18.2 Å². The number of ether oxygens (including phenoxy) is 2. The van der Waals surface area contributed by atoms with Crippen molar-refractivity contribution in [3.63, 3.8) is 0 Å². The van der Waals surface area contributed by atoms with Gasteiger partial charge in [-0.15, -0.1) is 0 Å². The van der Waals surface area contributed by atoms with E-state index < -0.39 is 0 Å². The summed E-state index contributed by atoms with van der Waals surface area (Å²) < 4.78 is 11.8. The van der Waals surface area contributed by atoms with Gasteiger partial charge < -0.3 is 15.2 Å². The number of benzene rings is 1. The summed E-state index contributed by atoms with van der Waals surface area (Å²) >= 11 is 6.11. The van der Waals surface area contributed by atoms with E-state index in [0.717, 1.165) is 42.7 Å². The van der Waals surface area contributed by atoms with Gasteiger partial charge in [0.05, 0.1) is 18.3 Å². The lowest BCUT2D eigenvalue weighted by atomic mass is 9.93. The van der Waals surface area contributed by atoms with Gasteiger partial charge in [0.15, 0.2) is 0 Å². The van der Waals surface area contributed by atoms with Gasteiger partial charge >= 0.3 is 0 Å². The number of nitrogens with two attached hydrogens (primary N) is 1. The van der Waals surface area contributed by atoms with Crippen LogP contribution in [0.1, 0.15) is 50.7 Å². The maximum atomic E-state index is 6.35. The van der Waals surface area contributed by atoms with Crippen LogP contribution in [-0.4, -0.2) is 25.4 Å². The summed E-state index contributed by atoms with van der Waals surface area (Å²) in [5.41, 5.74) is 7.35. The number of rotatable bonds is 6. The van der Waals surface area contributed by atoms with Crippen molar-refractivity contribution in [3.05, 3.63) is 34.9 Å². The molecule has 1 aromatic carbocycles. The normalized spacial score (nSPS) is 25.5. The number of halogens is 1. The van der Waals surface area contributed by atoms with Crippen molar-refractivity contribution in [2.45, 2.75) is 63.4 Å². The Morgan fingerprint density at radius 1 is 1.33 bits per heavy atom. The lowest BCUT2D eigenvalue weighted by Crippen LogP contribution is -2.35. The van der Waals surface area contributed by atoms with Crippen LogP contribution < -0.4 is 5.73 Å². The topological polar surface area (TPSA) is 44.5 Å². The van der Waals surface area contributed by atoms with Crippen LogP contribution in [0.5, 0.6) is 0 Å². The van der Waals surface area contributed by atoms with Crippen LogP contribution in [0, 0.1) is 0 Å². The van der Waals surface area contributed by atoms with E-state index in [9.17, 15) is 0 Å². The minimum Gasteiger partial charge on any atom is -0.381 e. The van der Waals surface area contributed by atoms with E-state index in [1.807, 2.05) is 24.3 Å². The van der Waals surface area contributed by atoms with Crippen molar-refractivity contribution in [2.75, 3.05) is 7.11 Å². The van der Waals surface area contributed by atoms with E-state index in [1.54, 1.807) is 7.11 Å². The van der Waals surface area contributed by atoms with Gasteiger partial charge in [-0.2, -0.15) is 0 Å². The molecule has 0 radical (unpaired) electrons. The van der Waals surface area contributed by atoms with Gasteiger partial charge in [0.2, 0.25) is 0 Å². The Morgan fingerprint density at radius 2 is 2.10 bits per heavy atom. The van der Waals surface area contributed by atoms with Gasteiger partial charge in [-0.3, -0.25) is 0 Å². The molecule has 1 aliphatic carbocycles. The zero-order chi connectivity index (χ0) is 15.2. The standard InChI is InChI=1S/C17H26ClNO2/c1-3-16(19)17(12-6-4-7-13(18)10-12)21-15-9-5-8-14(11-15)20-2/h4,6-7,10,14-17H,3,5,8-9,11,19H2,1-2H3. The fraction of sp³-hybridized carbons (Fsp3) is 0.647. The Bertz CT molecular complexity index is 441. The quantitative estimate of drug-likeness (QED) is 0.860. The highest BCUT2D eigenvalue weighted by Crippen LogP contribution is 2.31. The monoisotopic (exact) mass is 311 g/mol. The van der Waals surface area contributed by atoms with E-state index in [0.29, 0.717) is 6.10 Å². The van der Waals surface area contributed by atoms with Crippen LogP contribution in [-0.2, 0) is 9.47 Å². The van der Waals surface area contributed by atoms with Crippen molar-refractivity contribution in [1.82, 2.24) is 0 Å². The van der Waals surface area contributed by atoms with Gasteiger partial charge in [0.25, 0.3) is 0 Å². The summed E-state index contributed by atoms with van der Waals surface area (Å²) in [5, 5.41) is 0.725. The Kier molecular flexibility index (Phi) is 6.49. The molecule has 2 N–H and O–H groups in total. The summed E-state index contributed by atoms with van der Waals surface area (Å²) in [7, 11) is 1.78. The predicted octanol–water partition coefficient (Wildman–Crippen LogP) is 4.09. The van der Waals surface area contributed by atoms with E-state index >= 15 is 0 Å². The average molecular weight is 312 g/mol. The molecule has 1 aliphatic rings. The predicted molar refractivity (Wildman–Crippen MR) is 86.6 cm³/mol. The summed E-state index contributed by atoms with van der Waals surface area (Å²) in [4.78, 5) is 0. The van der Waals surface area contributed by atoms with Crippen LogP contribution in [0.2, 0.25) is 5.02 Å². The minimum atomic E-state index is -0.102. The molecule has 118 valence electrons. The van der Waals surface area contributed by atoms with Crippen LogP contribution in [0.4, 0.5) is 0 Å². The molecule has 21 heavy (non-hydrogen) atoms. The summed E-state index contributed by atoms with van der Waals surface area (Å²) in [6.45, 7) is 2.09. The SMILES string of the molecule is CCC(N)C(OC1CCCC(OC)C1)c1cccc(Cl)c1. The van der Waals surface area contributed by atoms with E-state index in [1.165, 1.54) is 0 Å². The molecule has 1 saturated carbocycles. The molecule has 4 heteroatoms. The molecular weight excluding hydrogens is 286 g/mol. The van der Waals surface area contributed by atoms with Crippen molar-refractivity contribution < 1.29 is 9.47 Å². The van der Waals surface area contributed by atoms with Crippen molar-refractivity contribution in [3.8, 4) is 0 Å². The molecule has 0 heterocycles. The molecule has 0 bridgehead atoms. The lowest BCUT2D eigenvalue weighted by Gasteiger charge is -2.33. The highest BCUT2D eigenvalue weighted by Gasteiger charge is 2.28. The Labute approximate surface area is 132 Å². The van der Waals surface area contributed by atoms with Crippen LogP contribution in [0.15, 0.2) is 24.3 Å². The first-order valence-electron chi connectivity index (χ1n) is 7.83. The Hall–Kier alpha value is -0.610. The fourth-order valence-corrected chi connectivity index (χ4v) is 3.17. The largest absolute Gasteiger partial charge is 0.381 e. The maximum Gasteiger partial charge on any atom is 0.0979 e. The van der Waals surface area contributed by atoms with Gasteiger partial charge in [-0.1, -0.05) is 30.7 Å². The van der Waals surface area contributed by atoms with Crippen LogP contribution in [0.3, 0.4) is 0 Å². The lowest BCUT2D eigenvalue weighted by molar-refractivity contribution is -0.0745. The molecular formula is C17H26ClNO2. The van der Waals surface area contributed by atoms with E-state index in [4.69, 9.17) is 26.8 Å². The van der Waals surface area contributed by atoms with Gasteiger partial charge in [-0.25, -0.2) is 0 Å². The summed E-state index contributed by atoms with van der Waals surface area (Å²) in [5.74, 6) is 0. The first kappa shape index (κ1) is 16.8. The number of methoxy groups -OCH3 is 1. The van der Waals surface area contributed by atoms with Crippen LogP contribution >= 0.6 is 11.6 Å². The first-order valence-corrected chi connectivity index (χ1v) is 8.21. The number of hydrogen-bond donors (Lipinski definition) is 1. The molecule has 0 saturated heterocycles. The van der Waals surface area contributed by atoms with Gasteiger partial charge in [-0.05, 0) is 49.8 Å². The molecule has 0 amide bonds. The zero-order valence-corrected chi connectivity index (χ0v) is 13.7. The van der Waals surface area contributed by atoms with Crippen molar-refractivity contribution in [2.24, 2.45) is 5.73 Å². The van der Waals surface area contributed by atoms with Crippen LogP contribution in [0.25, 0.3) is 0 Å². The molecule has 0 aromatic heterocycles. The second-order valence-electron chi connectivity index (χ2n) is 5.83. The smallest absolute Gasteiger partial charge is 0.0979 e. The van der Waals surface area contributed by atoms with Crippen molar-refractivity contribution >= 4 is 11.6 Å². The van der Waals surface area contributed by atoms with E-state index in [2.05, 4.69) is 6.92 Å². The Morgan fingerprint density at radius 3 is 2.76 bits per heavy atom. The Balaban J connectivity index is 2.09. The summed E-state index contributed by atoms with van der Waals surface area (Å²) in [6.07, 6.45) is 5.58. The zero-order valence-electron chi connectivity index (χ0n) is 12.9. The second-order valence-corrected chi connectivity index (χ2v) is 6.27. The molecule has 0 aliphatic heterocycles. The maximum absolute atomic E-state index is 6.35. The number of hydrogen-bond acceptors (Lipinski definition) is 3. The highest BCUT2D eigenvalue weighted by atomic mass is 35.5. The molecule has 1 aromatic rings. The third-order valence-corrected chi connectivity index (χ3v) is 4.52. The molecule has 4 atom stereocenters. The molecule has 3 nitrogen and oxygen atoms in total. The molecule has 4 unspecified atom stereocenters. The average Bonchev–Trinajstić information content (AvgIpc) is 2.52. The molecule has 1 fully saturated rings. The van der Waals surface area contributed by atoms with Gasteiger partial charge in [0.1, 0.15) is 0 Å². The minimum absolute atomic E-state index is 0.0219. The van der Waals surface area contributed by atoms with Gasteiger partial charge in [0, 0.05) is 18.2 Å². The summed E-state index contributed by atoms with van der Waals surface area (Å²) in [6, 6.07) is 7.81. The third-order valence-electron chi connectivity index (χ3n) is 4.29. The third kappa shape index (κ3) is 4.68.